The summed E-state index contributed by atoms with van der Waals surface area (Å²) in [5.74, 6) is 0.518. The molecule has 1 heterocycles. The topological polar surface area (TPSA) is 48.5 Å². The number of nitrogens with zero attached hydrogens (tertiary/aromatic N) is 3. The summed E-state index contributed by atoms with van der Waals surface area (Å²) in [6.45, 7) is 2.19. The van der Waals surface area contributed by atoms with Gasteiger partial charge in [-0.1, -0.05) is 18.2 Å². The molecule has 0 aliphatic rings. The van der Waals surface area contributed by atoms with Gasteiger partial charge in [0.25, 0.3) is 0 Å². The standard InChI is InChI=1S/C18H23FN4O/c1-13(15-7-5-6-8-16(15)19)23(4)18(24)21-12-14-9-10-20-17(11-14)22(2)3/h5-11,13H,12H2,1-4H3,(H,21,24)/t13-/m0/s1. The minimum atomic E-state index is -0.360. The maximum absolute atomic E-state index is 13.9. The Hall–Kier alpha value is -2.63. The Morgan fingerprint density at radius 3 is 2.62 bits per heavy atom. The summed E-state index contributed by atoms with van der Waals surface area (Å²) >= 11 is 0. The number of hydrogen-bond acceptors (Lipinski definition) is 3. The van der Waals surface area contributed by atoms with E-state index in [1.165, 1.54) is 11.0 Å². The molecule has 0 aliphatic heterocycles. The number of aromatic nitrogens is 1. The van der Waals surface area contributed by atoms with Crippen molar-refractivity contribution in [3.05, 3.63) is 59.5 Å². The van der Waals surface area contributed by atoms with Crippen LogP contribution in [0.4, 0.5) is 15.0 Å². The van der Waals surface area contributed by atoms with Gasteiger partial charge in [-0.05, 0) is 30.7 Å². The van der Waals surface area contributed by atoms with Gasteiger partial charge in [0.15, 0.2) is 0 Å². The van der Waals surface area contributed by atoms with E-state index in [4.69, 9.17) is 0 Å². The van der Waals surface area contributed by atoms with Gasteiger partial charge in [0.1, 0.15) is 11.6 Å². The first-order valence-corrected chi connectivity index (χ1v) is 7.77. The third-order valence-corrected chi connectivity index (χ3v) is 3.97. The minimum Gasteiger partial charge on any atom is -0.363 e. The van der Waals surface area contributed by atoms with Crippen molar-refractivity contribution in [3.8, 4) is 0 Å². The van der Waals surface area contributed by atoms with Crippen LogP contribution in [0.15, 0.2) is 42.6 Å². The highest BCUT2D eigenvalue weighted by Gasteiger charge is 2.19. The molecule has 128 valence electrons. The zero-order chi connectivity index (χ0) is 17.7. The lowest BCUT2D eigenvalue weighted by atomic mass is 10.1. The molecule has 24 heavy (non-hydrogen) atoms. The Kier molecular flexibility index (Phi) is 5.73. The molecule has 1 aromatic heterocycles. The number of pyridine rings is 1. The molecule has 0 aliphatic carbocycles. The molecule has 0 bridgehead atoms. The highest BCUT2D eigenvalue weighted by molar-refractivity contribution is 5.74. The van der Waals surface area contributed by atoms with Gasteiger partial charge in [-0.3, -0.25) is 0 Å². The molecule has 1 atom stereocenters. The van der Waals surface area contributed by atoms with E-state index in [9.17, 15) is 9.18 Å². The molecule has 1 aromatic carbocycles. The maximum Gasteiger partial charge on any atom is 0.317 e. The molecule has 6 heteroatoms. The van der Waals surface area contributed by atoms with Crippen LogP contribution in [0, 0.1) is 5.82 Å². The number of benzene rings is 1. The van der Waals surface area contributed by atoms with Crippen molar-refractivity contribution >= 4 is 11.8 Å². The van der Waals surface area contributed by atoms with Gasteiger partial charge < -0.3 is 15.1 Å². The number of anilines is 1. The largest absolute Gasteiger partial charge is 0.363 e. The van der Waals surface area contributed by atoms with E-state index in [0.717, 1.165) is 11.4 Å². The van der Waals surface area contributed by atoms with Crippen LogP contribution in [0.2, 0.25) is 0 Å². The Morgan fingerprint density at radius 2 is 1.96 bits per heavy atom. The number of carbonyl (C=O) groups is 1. The summed E-state index contributed by atoms with van der Waals surface area (Å²) < 4.78 is 13.9. The van der Waals surface area contributed by atoms with Crippen LogP contribution in [0.3, 0.4) is 0 Å². The third-order valence-electron chi connectivity index (χ3n) is 3.97. The molecule has 0 radical (unpaired) electrons. The van der Waals surface area contributed by atoms with Crippen molar-refractivity contribution < 1.29 is 9.18 Å². The second-order valence-electron chi connectivity index (χ2n) is 5.88. The van der Waals surface area contributed by atoms with Crippen molar-refractivity contribution in [1.82, 2.24) is 15.2 Å². The second-order valence-corrected chi connectivity index (χ2v) is 5.88. The molecule has 0 spiro atoms. The first kappa shape index (κ1) is 17.7. The van der Waals surface area contributed by atoms with E-state index >= 15 is 0 Å². The quantitative estimate of drug-likeness (QED) is 0.916. The Bertz CT molecular complexity index is 705. The monoisotopic (exact) mass is 330 g/mol. The first-order chi connectivity index (χ1) is 11.4. The fourth-order valence-electron chi connectivity index (χ4n) is 2.32. The van der Waals surface area contributed by atoms with Gasteiger partial charge in [-0.2, -0.15) is 0 Å². The SMILES string of the molecule is C[C@@H](c1ccccc1F)N(C)C(=O)NCc1ccnc(N(C)C)c1. The normalized spacial score (nSPS) is 11.7. The molecular formula is C18H23FN4O. The van der Waals surface area contributed by atoms with E-state index in [0.29, 0.717) is 12.1 Å². The number of urea groups is 1. The Labute approximate surface area is 142 Å². The molecule has 0 unspecified atom stereocenters. The molecule has 0 saturated carbocycles. The van der Waals surface area contributed by atoms with Gasteiger partial charge in [0.2, 0.25) is 0 Å². The van der Waals surface area contributed by atoms with Gasteiger partial charge in [0, 0.05) is 39.4 Å². The lowest BCUT2D eigenvalue weighted by Gasteiger charge is -2.26. The van der Waals surface area contributed by atoms with Crippen LogP contribution < -0.4 is 10.2 Å². The lowest BCUT2D eigenvalue weighted by Crippen LogP contribution is -2.38. The molecule has 2 amide bonds. The maximum atomic E-state index is 13.9. The van der Waals surface area contributed by atoms with Crippen LogP contribution in [-0.2, 0) is 6.54 Å². The van der Waals surface area contributed by atoms with Gasteiger partial charge in [-0.25, -0.2) is 14.2 Å². The van der Waals surface area contributed by atoms with Crippen LogP contribution >= 0.6 is 0 Å². The smallest absolute Gasteiger partial charge is 0.317 e. The Balaban J connectivity index is 1.99. The number of rotatable bonds is 5. The van der Waals surface area contributed by atoms with Crippen molar-refractivity contribution in [2.75, 3.05) is 26.0 Å². The summed E-state index contributed by atoms with van der Waals surface area (Å²) in [6.07, 6.45) is 1.71. The van der Waals surface area contributed by atoms with Gasteiger partial charge in [-0.15, -0.1) is 0 Å². The second kappa shape index (κ2) is 7.77. The number of carbonyl (C=O) groups excluding carboxylic acids is 1. The van der Waals surface area contributed by atoms with E-state index in [1.54, 1.807) is 38.4 Å². The average molecular weight is 330 g/mol. The number of nitrogens with one attached hydrogen (secondary N) is 1. The molecule has 5 nitrogen and oxygen atoms in total. The first-order valence-electron chi connectivity index (χ1n) is 7.77. The molecule has 0 fully saturated rings. The highest BCUT2D eigenvalue weighted by Crippen LogP contribution is 2.21. The van der Waals surface area contributed by atoms with E-state index in [1.807, 2.05) is 31.1 Å². The molecular weight excluding hydrogens is 307 g/mol. The van der Waals surface area contributed by atoms with E-state index in [2.05, 4.69) is 10.3 Å². The van der Waals surface area contributed by atoms with Crippen molar-refractivity contribution in [2.45, 2.75) is 19.5 Å². The molecule has 1 N–H and O–H groups in total. The van der Waals surface area contributed by atoms with E-state index < -0.39 is 0 Å². The molecule has 2 aromatic rings. The fraction of sp³-hybridized carbons (Fsp3) is 0.333. The van der Waals surface area contributed by atoms with Crippen LogP contribution in [0.5, 0.6) is 0 Å². The number of halogens is 1. The highest BCUT2D eigenvalue weighted by atomic mass is 19.1. The number of amides is 2. The minimum absolute atomic E-state index is 0.256. The predicted molar refractivity (Wildman–Crippen MR) is 93.4 cm³/mol. The molecule has 2 rings (SSSR count). The summed E-state index contributed by atoms with van der Waals surface area (Å²) in [5.41, 5.74) is 1.45. The van der Waals surface area contributed by atoms with Gasteiger partial charge in [0.05, 0.1) is 6.04 Å². The van der Waals surface area contributed by atoms with Crippen molar-refractivity contribution in [2.24, 2.45) is 0 Å². The lowest BCUT2D eigenvalue weighted by molar-refractivity contribution is 0.193. The van der Waals surface area contributed by atoms with Gasteiger partial charge >= 0.3 is 6.03 Å². The summed E-state index contributed by atoms with van der Waals surface area (Å²) in [4.78, 5) is 20.0. The zero-order valence-electron chi connectivity index (χ0n) is 14.5. The van der Waals surface area contributed by atoms with E-state index in [-0.39, 0.29) is 17.9 Å². The Morgan fingerprint density at radius 1 is 1.25 bits per heavy atom. The molecule has 0 saturated heterocycles. The summed E-state index contributed by atoms with van der Waals surface area (Å²) in [6, 6.07) is 9.65. The fourth-order valence-corrected chi connectivity index (χ4v) is 2.32. The number of hydrogen-bond donors (Lipinski definition) is 1. The van der Waals surface area contributed by atoms with Crippen LogP contribution in [0.1, 0.15) is 24.1 Å². The summed E-state index contributed by atoms with van der Waals surface area (Å²) in [7, 11) is 5.48. The summed E-state index contributed by atoms with van der Waals surface area (Å²) in [5, 5.41) is 2.85. The zero-order valence-corrected chi connectivity index (χ0v) is 14.5. The van der Waals surface area contributed by atoms with Crippen molar-refractivity contribution in [1.29, 1.82) is 0 Å². The van der Waals surface area contributed by atoms with Crippen LogP contribution in [0.25, 0.3) is 0 Å². The van der Waals surface area contributed by atoms with Crippen molar-refractivity contribution in [3.63, 3.8) is 0 Å². The van der Waals surface area contributed by atoms with Crippen LogP contribution in [-0.4, -0.2) is 37.1 Å². The third kappa shape index (κ3) is 4.22. The predicted octanol–water partition coefficient (Wildman–Crippen LogP) is 3.19. The average Bonchev–Trinajstić information content (AvgIpc) is 2.59.